The second-order valence-electron chi connectivity index (χ2n) is 7.98. The number of benzene rings is 3. The molecule has 0 aromatic heterocycles. The van der Waals surface area contributed by atoms with Crippen LogP contribution in [0.15, 0.2) is 91.0 Å². The van der Waals surface area contributed by atoms with Gasteiger partial charge in [-0.3, -0.25) is 0 Å². The molecule has 0 saturated carbocycles. The van der Waals surface area contributed by atoms with Gasteiger partial charge in [-0.2, -0.15) is 0 Å². The average Bonchev–Trinajstić information content (AvgIpc) is 2.83. The molecule has 3 unspecified atom stereocenters. The topological polar surface area (TPSA) is 36.9 Å². The zero-order valence-corrected chi connectivity index (χ0v) is 18.2. The number of hydrogen-bond donors (Lipinski definition) is 0. The van der Waals surface area contributed by atoms with Gasteiger partial charge in [-0.1, -0.05) is 91.0 Å². The predicted molar refractivity (Wildman–Crippen MR) is 121 cm³/mol. The van der Waals surface area contributed by atoms with E-state index >= 15 is 4.39 Å². The lowest BCUT2D eigenvalue weighted by molar-refractivity contribution is -0.288. The largest absolute Gasteiger partial charge is 0.368 e. The molecule has 32 heavy (non-hydrogen) atoms. The van der Waals surface area contributed by atoms with Crippen molar-refractivity contribution in [3.05, 3.63) is 108 Å². The highest BCUT2D eigenvalue weighted by Crippen LogP contribution is 2.30. The highest BCUT2D eigenvalue weighted by molar-refractivity contribution is 5.15. The second kappa shape index (κ2) is 11.3. The van der Waals surface area contributed by atoms with Crippen molar-refractivity contribution in [3.8, 4) is 0 Å². The molecule has 4 rings (SSSR count). The molecule has 1 aliphatic rings. The van der Waals surface area contributed by atoms with Crippen LogP contribution in [0.1, 0.15) is 23.6 Å². The van der Waals surface area contributed by atoms with Crippen LogP contribution in [0.3, 0.4) is 0 Å². The number of ether oxygens (including phenoxy) is 4. The van der Waals surface area contributed by atoms with Crippen LogP contribution in [-0.2, 0) is 38.8 Å². The van der Waals surface area contributed by atoms with Crippen molar-refractivity contribution in [3.63, 3.8) is 0 Å². The van der Waals surface area contributed by atoms with Gasteiger partial charge in [0.2, 0.25) is 6.36 Å². The molecular weight excluding hydrogens is 407 g/mol. The minimum Gasteiger partial charge on any atom is -0.368 e. The fourth-order valence-electron chi connectivity index (χ4n) is 3.85. The number of halogens is 1. The number of rotatable bonds is 9. The SMILES string of the molecule is CC1O[C@H](F)C(OCc2ccccc2)[C@H](OCc2ccccc2)C1OCc1ccccc1. The summed E-state index contributed by atoms with van der Waals surface area (Å²) in [4.78, 5) is 0. The normalized spacial score (nSPS) is 25.5. The molecule has 3 aromatic rings. The third-order valence-electron chi connectivity index (χ3n) is 5.57. The molecule has 0 radical (unpaired) electrons. The average molecular weight is 437 g/mol. The van der Waals surface area contributed by atoms with Gasteiger partial charge in [-0.05, 0) is 23.6 Å². The van der Waals surface area contributed by atoms with Crippen molar-refractivity contribution >= 4 is 0 Å². The second-order valence-corrected chi connectivity index (χ2v) is 7.98. The van der Waals surface area contributed by atoms with Gasteiger partial charge in [0, 0.05) is 0 Å². The molecule has 0 aliphatic carbocycles. The highest BCUT2D eigenvalue weighted by Gasteiger charge is 2.47. The quantitative estimate of drug-likeness (QED) is 0.447. The van der Waals surface area contributed by atoms with Gasteiger partial charge >= 0.3 is 0 Å². The van der Waals surface area contributed by atoms with E-state index in [0.29, 0.717) is 13.2 Å². The van der Waals surface area contributed by atoms with Gasteiger partial charge in [0.1, 0.15) is 18.3 Å². The van der Waals surface area contributed by atoms with Gasteiger partial charge in [-0.25, -0.2) is 4.39 Å². The van der Waals surface area contributed by atoms with Crippen LogP contribution in [0.25, 0.3) is 0 Å². The molecule has 168 valence electrons. The molecule has 0 spiro atoms. The first-order valence-corrected chi connectivity index (χ1v) is 11.0. The van der Waals surface area contributed by atoms with Crippen molar-refractivity contribution in [2.24, 2.45) is 0 Å². The minimum absolute atomic E-state index is 0.264. The lowest BCUT2D eigenvalue weighted by Crippen LogP contribution is -2.58. The molecule has 5 heteroatoms. The van der Waals surface area contributed by atoms with Crippen LogP contribution in [0.5, 0.6) is 0 Å². The van der Waals surface area contributed by atoms with E-state index in [0.717, 1.165) is 16.7 Å². The lowest BCUT2D eigenvalue weighted by atomic mass is 9.99. The van der Waals surface area contributed by atoms with E-state index in [4.69, 9.17) is 18.9 Å². The summed E-state index contributed by atoms with van der Waals surface area (Å²) in [5.74, 6) is 0. The Bertz CT molecular complexity index is 867. The summed E-state index contributed by atoms with van der Waals surface area (Å²) in [6.07, 6.45) is -4.10. The van der Waals surface area contributed by atoms with Gasteiger partial charge < -0.3 is 18.9 Å². The van der Waals surface area contributed by atoms with Gasteiger partial charge in [-0.15, -0.1) is 0 Å². The summed E-state index contributed by atoms with van der Waals surface area (Å²) in [7, 11) is 0. The van der Waals surface area contributed by atoms with Crippen molar-refractivity contribution < 1.29 is 23.3 Å². The first-order chi connectivity index (χ1) is 15.7. The summed E-state index contributed by atoms with van der Waals surface area (Å²) >= 11 is 0. The fourth-order valence-corrected chi connectivity index (χ4v) is 3.85. The van der Waals surface area contributed by atoms with E-state index in [1.165, 1.54) is 0 Å². The molecule has 1 aliphatic heterocycles. The zero-order chi connectivity index (χ0) is 22.2. The Morgan fingerprint density at radius 3 is 1.41 bits per heavy atom. The van der Waals surface area contributed by atoms with E-state index in [9.17, 15) is 0 Å². The minimum atomic E-state index is -1.61. The van der Waals surface area contributed by atoms with Crippen molar-refractivity contribution in [2.45, 2.75) is 57.5 Å². The molecule has 1 fully saturated rings. The maximum absolute atomic E-state index is 15.0. The summed E-state index contributed by atoms with van der Waals surface area (Å²) in [6.45, 7) is 2.79. The highest BCUT2D eigenvalue weighted by atomic mass is 19.1. The molecule has 0 amide bonds. The van der Waals surface area contributed by atoms with Crippen molar-refractivity contribution in [1.82, 2.24) is 0 Å². The summed E-state index contributed by atoms with van der Waals surface area (Å²) in [5, 5.41) is 0. The molecular formula is C27H29FO4. The molecule has 3 aromatic carbocycles. The Kier molecular flexibility index (Phi) is 8.02. The Balaban J connectivity index is 1.50. The smallest absolute Gasteiger partial charge is 0.228 e. The van der Waals surface area contributed by atoms with E-state index < -0.39 is 30.8 Å². The van der Waals surface area contributed by atoms with Gasteiger partial charge in [0.15, 0.2) is 0 Å². The van der Waals surface area contributed by atoms with Crippen LogP contribution in [0.2, 0.25) is 0 Å². The number of hydrogen-bond acceptors (Lipinski definition) is 4. The van der Waals surface area contributed by atoms with Crippen LogP contribution in [0.4, 0.5) is 4.39 Å². The Morgan fingerprint density at radius 1 is 0.594 bits per heavy atom. The predicted octanol–water partition coefficient (Wildman–Crippen LogP) is 5.46. The molecule has 5 atom stereocenters. The van der Waals surface area contributed by atoms with Crippen LogP contribution < -0.4 is 0 Å². The molecule has 1 saturated heterocycles. The molecule has 1 heterocycles. The first-order valence-electron chi connectivity index (χ1n) is 11.0. The van der Waals surface area contributed by atoms with Crippen LogP contribution in [-0.4, -0.2) is 30.8 Å². The summed E-state index contributed by atoms with van der Waals surface area (Å²) in [6, 6.07) is 29.4. The number of alkyl halides is 1. The summed E-state index contributed by atoms with van der Waals surface area (Å²) in [5.41, 5.74) is 3.00. The van der Waals surface area contributed by atoms with Crippen molar-refractivity contribution in [2.75, 3.05) is 0 Å². The Morgan fingerprint density at radius 2 is 0.969 bits per heavy atom. The molecule has 0 bridgehead atoms. The van der Waals surface area contributed by atoms with E-state index in [1.54, 1.807) is 0 Å². The monoisotopic (exact) mass is 436 g/mol. The van der Waals surface area contributed by atoms with E-state index in [2.05, 4.69) is 0 Å². The molecule has 4 nitrogen and oxygen atoms in total. The third-order valence-corrected chi connectivity index (χ3v) is 5.57. The van der Waals surface area contributed by atoms with Crippen molar-refractivity contribution in [1.29, 1.82) is 0 Å². The first kappa shape index (κ1) is 22.6. The fraction of sp³-hybridized carbons (Fsp3) is 0.333. The third kappa shape index (κ3) is 6.02. The standard InChI is InChI=1S/C27H29FO4/c1-20-24(29-17-21-11-5-2-6-12-21)25(30-18-22-13-7-3-8-14-22)26(27(28)32-20)31-19-23-15-9-4-10-16-23/h2-16,20,24-27H,17-19H2,1H3/t20?,24?,25-,26?,27+/m1/s1. The van der Waals surface area contributed by atoms with Gasteiger partial charge in [0.25, 0.3) is 0 Å². The Hall–Kier alpha value is -2.57. The maximum Gasteiger partial charge on any atom is 0.228 e. The zero-order valence-electron chi connectivity index (χ0n) is 18.2. The van der Waals surface area contributed by atoms with E-state index in [1.807, 2.05) is 97.9 Å². The maximum atomic E-state index is 15.0. The van der Waals surface area contributed by atoms with E-state index in [-0.39, 0.29) is 6.61 Å². The van der Waals surface area contributed by atoms with Crippen LogP contribution in [0, 0.1) is 0 Å². The van der Waals surface area contributed by atoms with Crippen LogP contribution >= 0.6 is 0 Å². The lowest BCUT2D eigenvalue weighted by Gasteiger charge is -2.42. The van der Waals surface area contributed by atoms with Gasteiger partial charge in [0.05, 0.1) is 25.9 Å². The molecule has 0 N–H and O–H groups in total. The summed E-state index contributed by atoms with van der Waals surface area (Å²) < 4.78 is 39.1. The Labute approximate surface area is 188 Å².